The molecule has 0 aromatic heterocycles. The van der Waals surface area contributed by atoms with Gasteiger partial charge in [0.25, 0.3) is 0 Å². The topological polar surface area (TPSA) is 32.3 Å². The summed E-state index contributed by atoms with van der Waals surface area (Å²) in [7, 11) is 0. The maximum Gasteiger partial charge on any atom is 0.0914 e. The molecule has 1 aliphatic heterocycles. The highest BCUT2D eigenvalue weighted by molar-refractivity contribution is 7.99. The summed E-state index contributed by atoms with van der Waals surface area (Å²) in [5, 5.41) is 14.4. The van der Waals surface area contributed by atoms with Crippen molar-refractivity contribution >= 4 is 11.8 Å². The third-order valence-electron chi connectivity index (χ3n) is 3.97. The SMILES string of the molecule is CC(C)c1ccc(C(O)CNCC2CCCCS2)cc1. The predicted molar refractivity (Wildman–Crippen MR) is 88.5 cm³/mol. The first kappa shape index (κ1) is 15.9. The molecular formula is C17H27NOS. The Morgan fingerprint density at radius 2 is 1.90 bits per heavy atom. The van der Waals surface area contributed by atoms with E-state index < -0.39 is 6.10 Å². The average Bonchev–Trinajstić information content (AvgIpc) is 2.48. The van der Waals surface area contributed by atoms with Gasteiger partial charge in [-0.2, -0.15) is 11.8 Å². The molecule has 3 heteroatoms. The maximum atomic E-state index is 10.2. The molecule has 2 rings (SSSR count). The van der Waals surface area contributed by atoms with E-state index >= 15 is 0 Å². The highest BCUT2D eigenvalue weighted by Crippen LogP contribution is 2.24. The van der Waals surface area contributed by atoms with Crippen LogP contribution in [0.3, 0.4) is 0 Å². The van der Waals surface area contributed by atoms with Crippen molar-refractivity contribution < 1.29 is 5.11 Å². The Morgan fingerprint density at radius 1 is 1.20 bits per heavy atom. The van der Waals surface area contributed by atoms with Gasteiger partial charge in [-0.05, 0) is 35.6 Å². The summed E-state index contributed by atoms with van der Waals surface area (Å²) in [6.07, 6.45) is 3.64. The molecule has 1 fully saturated rings. The van der Waals surface area contributed by atoms with Crippen molar-refractivity contribution in [2.75, 3.05) is 18.8 Å². The van der Waals surface area contributed by atoms with E-state index in [4.69, 9.17) is 0 Å². The molecular weight excluding hydrogens is 266 g/mol. The second-order valence-corrected chi connectivity index (χ2v) is 7.39. The van der Waals surface area contributed by atoms with Gasteiger partial charge in [-0.15, -0.1) is 0 Å². The first-order valence-electron chi connectivity index (χ1n) is 7.77. The lowest BCUT2D eigenvalue weighted by Gasteiger charge is -2.22. The van der Waals surface area contributed by atoms with Crippen LogP contribution in [0.5, 0.6) is 0 Å². The van der Waals surface area contributed by atoms with Crippen LogP contribution in [0.15, 0.2) is 24.3 Å². The van der Waals surface area contributed by atoms with Crippen molar-refractivity contribution in [3.05, 3.63) is 35.4 Å². The zero-order valence-electron chi connectivity index (χ0n) is 12.6. The molecule has 1 saturated heterocycles. The number of aliphatic hydroxyl groups is 1. The third-order valence-corrected chi connectivity index (χ3v) is 5.37. The van der Waals surface area contributed by atoms with Crippen molar-refractivity contribution in [1.29, 1.82) is 0 Å². The highest BCUT2D eigenvalue weighted by Gasteiger charge is 2.14. The fraction of sp³-hybridized carbons (Fsp3) is 0.647. The fourth-order valence-corrected chi connectivity index (χ4v) is 3.84. The van der Waals surface area contributed by atoms with Crippen molar-refractivity contribution in [3.8, 4) is 0 Å². The molecule has 2 N–H and O–H groups in total. The molecule has 1 aromatic rings. The van der Waals surface area contributed by atoms with E-state index in [0.717, 1.165) is 17.4 Å². The van der Waals surface area contributed by atoms with E-state index in [1.165, 1.54) is 30.6 Å². The number of rotatable bonds is 6. The summed E-state index contributed by atoms with van der Waals surface area (Å²) in [6, 6.07) is 8.36. The number of aliphatic hydroxyl groups excluding tert-OH is 1. The summed E-state index contributed by atoms with van der Waals surface area (Å²) in [5.41, 5.74) is 2.34. The smallest absolute Gasteiger partial charge is 0.0914 e. The van der Waals surface area contributed by atoms with Crippen LogP contribution in [-0.4, -0.2) is 29.2 Å². The second kappa shape index (κ2) is 8.06. The van der Waals surface area contributed by atoms with Gasteiger partial charge in [0.05, 0.1) is 6.10 Å². The molecule has 0 bridgehead atoms. The summed E-state index contributed by atoms with van der Waals surface area (Å²) < 4.78 is 0. The molecule has 0 aliphatic carbocycles. The Bertz CT molecular complexity index is 384. The Morgan fingerprint density at radius 3 is 2.50 bits per heavy atom. The van der Waals surface area contributed by atoms with Crippen LogP contribution in [0.1, 0.15) is 56.3 Å². The molecule has 112 valence electrons. The van der Waals surface area contributed by atoms with Gasteiger partial charge in [0.15, 0.2) is 0 Å². The zero-order valence-corrected chi connectivity index (χ0v) is 13.5. The summed E-state index contributed by atoms with van der Waals surface area (Å²) >= 11 is 2.07. The third kappa shape index (κ3) is 4.80. The molecule has 2 atom stereocenters. The van der Waals surface area contributed by atoms with E-state index in [0.29, 0.717) is 12.5 Å². The van der Waals surface area contributed by atoms with E-state index in [1.807, 2.05) is 0 Å². The molecule has 0 radical (unpaired) electrons. The zero-order chi connectivity index (χ0) is 14.4. The van der Waals surface area contributed by atoms with Gasteiger partial charge in [-0.3, -0.25) is 0 Å². The van der Waals surface area contributed by atoms with Gasteiger partial charge in [-0.25, -0.2) is 0 Å². The highest BCUT2D eigenvalue weighted by atomic mass is 32.2. The molecule has 1 heterocycles. The molecule has 0 spiro atoms. The first-order chi connectivity index (χ1) is 9.66. The largest absolute Gasteiger partial charge is 0.387 e. The first-order valence-corrected chi connectivity index (χ1v) is 8.82. The van der Waals surface area contributed by atoms with Crippen molar-refractivity contribution in [2.24, 2.45) is 0 Å². The minimum absolute atomic E-state index is 0.398. The van der Waals surface area contributed by atoms with E-state index in [9.17, 15) is 5.11 Å². The minimum Gasteiger partial charge on any atom is -0.387 e. The number of thioether (sulfide) groups is 1. The van der Waals surface area contributed by atoms with Gasteiger partial charge in [0.2, 0.25) is 0 Å². The monoisotopic (exact) mass is 293 g/mol. The molecule has 2 nitrogen and oxygen atoms in total. The van der Waals surface area contributed by atoms with Crippen LogP contribution in [0.4, 0.5) is 0 Å². The fourth-order valence-electron chi connectivity index (χ4n) is 2.57. The lowest BCUT2D eigenvalue weighted by molar-refractivity contribution is 0.175. The van der Waals surface area contributed by atoms with Crippen molar-refractivity contribution in [1.82, 2.24) is 5.32 Å². The number of benzene rings is 1. The van der Waals surface area contributed by atoms with Crippen LogP contribution < -0.4 is 5.32 Å². The molecule has 2 unspecified atom stereocenters. The van der Waals surface area contributed by atoms with Gasteiger partial charge in [0, 0.05) is 18.3 Å². The molecule has 0 amide bonds. The van der Waals surface area contributed by atoms with Crippen LogP contribution >= 0.6 is 11.8 Å². The molecule has 20 heavy (non-hydrogen) atoms. The quantitative estimate of drug-likeness (QED) is 0.838. The molecule has 1 aromatic carbocycles. The van der Waals surface area contributed by atoms with Crippen LogP contribution in [0.25, 0.3) is 0 Å². The maximum absolute atomic E-state index is 10.2. The lowest BCUT2D eigenvalue weighted by atomic mass is 10.00. The van der Waals surface area contributed by atoms with Crippen LogP contribution in [-0.2, 0) is 0 Å². The van der Waals surface area contributed by atoms with E-state index in [1.54, 1.807) is 0 Å². The molecule has 0 saturated carbocycles. The average molecular weight is 293 g/mol. The molecule has 1 aliphatic rings. The van der Waals surface area contributed by atoms with Gasteiger partial charge < -0.3 is 10.4 Å². The second-order valence-electron chi connectivity index (χ2n) is 5.98. The van der Waals surface area contributed by atoms with E-state index in [-0.39, 0.29) is 0 Å². The lowest BCUT2D eigenvalue weighted by Crippen LogP contribution is -2.30. The summed E-state index contributed by atoms with van der Waals surface area (Å²) in [4.78, 5) is 0. The van der Waals surface area contributed by atoms with Crippen LogP contribution in [0.2, 0.25) is 0 Å². The minimum atomic E-state index is -0.398. The van der Waals surface area contributed by atoms with E-state index in [2.05, 4.69) is 55.2 Å². The summed E-state index contributed by atoms with van der Waals surface area (Å²) in [5.74, 6) is 1.84. The normalized spacial score (nSPS) is 21.1. The number of hydrogen-bond acceptors (Lipinski definition) is 3. The Labute approximate surface area is 127 Å². The summed E-state index contributed by atoms with van der Waals surface area (Å²) in [6.45, 7) is 6.05. The Kier molecular flexibility index (Phi) is 6.40. The van der Waals surface area contributed by atoms with Crippen LogP contribution in [0, 0.1) is 0 Å². The number of nitrogens with one attached hydrogen (secondary N) is 1. The van der Waals surface area contributed by atoms with Gasteiger partial charge in [0.1, 0.15) is 0 Å². The standard InChI is InChI=1S/C17H27NOS/c1-13(2)14-6-8-15(9-7-14)17(19)12-18-11-16-5-3-4-10-20-16/h6-9,13,16-19H,3-5,10-12H2,1-2H3. The number of hydrogen-bond donors (Lipinski definition) is 2. The van der Waals surface area contributed by atoms with Crippen molar-refractivity contribution in [2.45, 2.75) is 50.4 Å². The Balaban J connectivity index is 1.74. The Hall–Kier alpha value is -0.510. The van der Waals surface area contributed by atoms with Gasteiger partial charge in [-0.1, -0.05) is 44.5 Å². The predicted octanol–water partition coefficient (Wildman–Crippen LogP) is 3.72. The van der Waals surface area contributed by atoms with Gasteiger partial charge >= 0.3 is 0 Å². The van der Waals surface area contributed by atoms with Crippen molar-refractivity contribution in [3.63, 3.8) is 0 Å².